The summed E-state index contributed by atoms with van der Waals surface area (Å²) < 4.78 is 6.71. The SMILES string of the molecule is COC(CN1CCNCC1)c1ccc(Br)cc1. The van der Waals surface area contributed by atoms with E-state index < -0.39 is 0 Å². The van der Waals surface area contributed by atoms with Crippen molar-refractivity contribution in [3.63, 3.8) is 0 Å². The zero-order valence-electron chi connectivity index (χ0n) is 10.2. The highest BCUT2D eigenvalue weighted by Crippen LogP contribution is 2.20. The van der Waals surface area contributed by atoms with E-state index in [2.05, 4.69) is 50.4 Å². The molecule has 0 aromatic heterocycles. The summed E-state index contributed by atoms with van der Waals surface area (Å²) in [5.74, 6) is 0. The van der Waals surface area contributed by atoms with Crippen LogP contribution < -0.4 is 5.32 Å². The Morgan fingerprint density at radius 1 is 1.29 bits per heavy atom. The molecule has 4 heteroatoms. The van der Waals surface area contributed by atoms with Crippen LogP contribution >= 0.6 is 15.9 Å². The molecule has 0 aliphatic carbocycles. The van der Waals surface area contributed by atoms with Crippen molar-refractivity contribution in [3.8, 4) is 0 Å². The van der Waals surface area contributed by atoms with Crippen LogP contribution in [0.25, 0.3) is 0 Å². The van der Waals surface area contributed by atoms with Gasteiger partial charge in [-0.3, -0.25) is 4.90 Å². The first-order valence-corrected chi connectivity index (χ1v) is 6.80. The Balaban J connectivity index is 1.97. The lowest BCUT2D eigenvalue weighted by Gasteiger charge is -2.30. The number of hydrogen-bond donors (Lipinski definition) is 1. The van der Waals surface area contributed by atoms with Crippen molar-refractivity contribution in [1.82, 2.24) is 10.2 Å². The number of methoxy groups -OCH3 is 1. The number of hydrogen-bond acceptors (Lipinski definition) is 3. The van der Waals surface area contributed by atoms with E-state index in [9.17, 15) is 0 Å². The van der Waals surface area contributed by atoms with E-state index in [1.807, 2.05) is 0 Å². The molecule has 1 aliphatic rings. The number of piperazine rings is 1. The van der Waals surface area contributed by atoms with E-state index in [0.29, 0.717) is 0 Å². The van der Waals surface area contributed by atoms with E-state index in [0.717, 1.165) is 37.2 Å². The largest absolute Gasteiger partial charge is 0.375 e. The van der Waals surface area contributed by atoms with Gasteiger partial charge in [0.15, 0.2) is 0 Å². The van der Waals surface area contributed by atoms with Crippen molar-refractivity contribution >= 4 is 15.9 Å². The number of benzene rings is 1. The third kappa shape index (κ3) is 3.78. The van der Waals surface area contributed by atoms with Crippen LogP contribution in [-0.2, 0) is 4.74 Å². The molecule has 1 fully saturated rings. The summed E-state index contributed by atoms with van der Waals surface area (Å²) in [4.78, 5) is 2.45. The van der Waals surface area contributed by atoms with Gasteiger partial charge in [0, 0.05) is 44.3 Å². The molecule has 94 valence electrons. The van der Waals surface area contributed by atoms with Crippen LogP contribution in [0.1, 0.15) is 11.7 Å². The zero-order chi connectivity index (χ0) is 12.1. The van der Waals surface area contributed by atoms with Crippen molar-refractivity contribution in [2.45, 2.75) is 6.10 Å². The number of ether oxygens (including phenoxy) is 1. The molecule has 1 saturated heterocycles. The van der Waals surface area contributed by atoms with Crippen molar-refractivity contribution in [2.75, 3.05) is 39.8 Å². The minimum absolute atomic E-state index is 0.168. The molecule has 17 heavy (non-hydrogen) atoms. The first kappa shape index (κ1) is 13.0. The van der Waals surface area contributed by atoms with E-state index in [4.69, 9.17) is 4.74 Å². The molecule has 0 bridgehead atoms. The highest BCUT2D eigenvalue weighted by atomic mass is 79.9. The van der Waals surface area contributed by atoms with Crippen LogP contribution in [0, 0.1) is 0 Å². The summed E-state index contributed by atoms with van der Waals surface area (Å²) in [5.41, 5.74) is 1.24. The van der Waals surface area contributed by atoms with Gasteiger partial charge in [0.2, 0.25) is 0 Å². The summed E-state index contributed by atoms with van der Waals surface area (Å²) >= 11 is 3.46. The average Bonchev–Trinajstić information content (AvgIpc) is 2.38. The fraction of sp³-hybridized carbons (Fsp3) is 0.538. The Kier molecular flexibility index (Phi) is 4.98. The normalized spacial score (nSPS) is 19.2. The van der Waals surface area contributed by atoms with Gasteiger partial charge in [-0.05, 0) is 17.7 Å². The first-order chi connectivity index (χ1) is 8.29. The Labute approximate surface area is 111 Å². The molecule has 0 saturated carbocycles. The lowest BCUT2D eigenvalue weighted by molar-refractivity contribution is 0.0594. The molecule has 0 radical (unpaired) electrons. The molecular weight excluding hydrogens is 280 g/mol. The second-order valence-electron chi connectivity index (χ2n) is 4.33. The van der Waals surface area contributed by atoms with Gasteiger partial charge < -0.3 is 10.1 Å². The number of halogens is 1. The standard InChI is InChI=1S/C13H19BrN2O/c1-17-13(10-16-8-6-15-7-9-16)11-2-4-12(14)5-3-11/h2-5,13,15H,6-10H2,1H3. The lowest BCUT2D eigenvalue weighted by atomic mass is 10.1. The van der Waals surface area contributed by atoms with Gasteiger partial charge in [-0.2, -0.15) is 0 Å². The Morgan fingerprint density at radius 3 is 2.53 bits per heavy atom. The molecule has 1 heterocycles. The zero-order valence-corrected chi connectivity index (χ0v) is 11.7. The summed E-state index contributed by atoms with van der Waals surface area (Å²) in [6.45, 7) is 5.35. The number of nitrogens with zero attached hydrogens (tertiary/aromatic N) is 1. The second kappa shape index (κ2) is 6.50. The minimum atomic E-state index is 0.168. The number of rotatable bonds is 4. The molecule has 0 amide bonds. The molecule has 1 unspecified atom stereocenters. The van der Waals surface area contributed by atoms with Gasteiger partial charge >= 0.3 is 0 Å². The van der Waals surface area contributed by atoms with Crippen molar-refractivity contribution in [1.29, 1.82) is 0 Å². The predicted octanol–water partition coefficient (Wildman–Crippen LogP) is 2.04. The molecule has 1 atom stereocenters. The average molecular weight is 299 g/mol. The molecule has 1 aliphatic heterocycles. The maximum Gasteiger partial charge on any atom is 0.0947 e. The Bertz CT molecular complexity index is 336. The van der Waals surface area contributed by atoms with Crippen LogP contribution in [0.4, 0.5) is 0 Å². The molecule has 2 rings (SSSR count). The Morgan fingerprint density at radius 2 is 1.94 bits per heavy atom. The van der Waals surface area contributed by atoms with Crippen LogP contribution in [0.15, 0.2) is 28.7 Å². The monoisotopic (exact) mass is 298 g/mol. The van der Waals surface area contributed by atoms with E-state index in [1.54, 1.807) is 7.11 Å². The van der Waals surface area contributed by atoms with Crippen molar-refractivity contribution < 1.29 is 4.74 Å². The van der Waals surface area contributed by atoms with Crippen LogP contribution in [0.5, 0.6) is 0 Å². The molecule has 1 aromatic carbocycles. The van der Waals surface area contributed by atoms with Crippen LogP contribution in [0.3, 0.4) is 0 Å². The Hall–Kier alpha value is -0.420. The fourth-order valence-electron chi connectivity index (χ4n) is 2.12. The topological polar surface area (TPSA) is 24.5 Å². The van der Waals surface area contributed by atoms with E-state index in [1.165, 1.54) is 5.56 Å². The van der Waals surface area contributed by atoms with Gasteiger partial charge in [0.1, 0.15) is 0 Å². The highest BCUT2D eigenvalue weighted by Gasteiger charge is 2.17. The van der Waals surface area contributed by atoms with Crippen LogP contribution in [0.2, 0.25) is 0 Å². The van der Waals surface area contributed by atoms with E-state index in [-0.39, 0.29) is 6.10 Å². The van der Waals surface area contributed by atoms with Gasteiger partial charge in [-0.1, -0.05) is 28.1 Å². The molecule has 3 nitrogen and oxygen atoms in total. The lowest BCUT2D eigenvalue weighted by Crippen LogP contribution is -2.45. The summed E-state index contributed by atoms with van der Waals surface area (Å²) in [7, 11) is 1.79. The van der Waals surface area contributed by atoms with Crippen LogP contribution in [-0.4, -0.2) is 44.7 Å². The van der Waals surface area contributed by atoms with Crippen molar-refractivity contribution in [3.05, 3.63) is 34.3 Å². The number of nitrogens with one attached hydrogen (secondary N) is 1. The molecule has 0 spiro atoms. The minimum Gasteiger partial charge on any atom is -0.375 e. The predicted molar refractivity (Wildman–Crippen MR) is 73.2 cm³/mol. The van der Waals surface area contributed by atoms with Gasteiger partial charge in [-0.25, -0.2) is 0 Å². The molecule has 1 aromatic rings. The fourth-order valence-corrected chi connectivity index (χ4v) is 2.39. The smallest absolute Gasteiger partial charge is 0.0947 e. The molecule has 1 N–H and O–H groups in total. The van der Waals surface area contributed by atoms with E-state index >= 15 is 0 Å². The summed E-state index contributed by atoms with van der Waals surface area (Å²) in [6.07, 6.45) is 0.168. The second-order valence-corrected chi connectivity index (χ2v) is 5.24. The van der Waals surface area contributed by atoms with Gasteiger partial charge in [0.25, 0.3) is 0 Å². The third-order valence-electron chi connectivity index (χ3n) is 3.16. The highest BCUT2D eigenvalue weighted by molar-refractivity contribution is 9.10. The van der Waals surface area contributed by atoms with Crippen molar-refractivity contribution in [2.24, 2.45) is 0 Å². The maximum atomic E-state index is 5.60. The first-order valence-electron chi connectivity index (χ1n) is 6.01. The summed E-state index contributed by atoms with van der Waals surface area (Å²) in [6, 6.07) is 8.39. The van der Waals surface area contributed by atoms with Gasteiger partial charge in [-0.15, -0.1) is 0 Å². The quantitative estimate of drug-likeness (QED) is 0.921. The summed E-state index contributed by atoms with van der Waals surface area (Å²) in [5, 5.41) is 3.36. The molecular formula is C13H19BrN2O. The third-order valence-corrected chi connectivity index (χ3v) is 3.69. The maximum absolute atomic E-state index is 5.60. The van der Waals surface area contributed by atoms with Gasteiger partial charge in [0.05, 0.1) is 6.10 Å².